The fourth-order valence-corrected chi connectivity index (χ4v) is 2.29. The van der Waals surface area contributed by atoms with Crippen LogP contribution in [0.5, 0.6) is 0 Å². The summed E-state index contributed by atoms with van der Waals surface area (Å²) in [5.41, 5.74) is 5.09. The monoisotopic (exact) mass is 273 g/mol. The van der Waals surface area contributed by atoms with Crippen molar-refractivity contribution in [2.75, 3.05) is 11.9 Å². The van der Waals surface area contributed by atoms with E-state index in [2.05, 4.69) is 43.4 Å². The fourth-order valence-electron chi connectivity index (χ4n) is 2.06. The molecule has 1 N–H and O–H groups in total. The highest BCUT2D eigenvalue weighted by Crippen LogP contribution is 2.17. The molecule has 0 bridgehead atoms. The molecular formula is C17H20ClN. The van der Waals surface area contributed by atoms with E-state index >= 15 is 0 Å². The number of anilines is 1. The lowest BCUT2D eigenvalue weighted by Gasteiger charge is -2.09. The van der Waals surface area contributed by atoms with Gasteiger partial charge in [0.05, 0.1) is 0 Å². The number of halogens is 1. The lowest BCUT2D eigenvalue weighted by molar-refractivity contribution is 0.863. The molecule has 0 saturated carbocycles. The average molecular weight is 274 g/mol. The first-order valence-electron chi connectivity index (χ1n) is 6.71. The molecular weight excluding hydrogens is 254 g/mol. The van der Waals surface area contributed by atoms with Gasteiger partial charge in [0, 0.05) is 17.3 Å². The lowest BCUT2D eigenvalue weighted by Crippen LogP contribution is -2.03. The number of nitrogens with one attached hydrogen (secondary N) is 1. The molecule has 2 rings (SSSR count). The van der Waals surface area contributed by atoms with E-state index < -0.39 is 0 Å². The average Bonchev–Trinajstić information content (AvgIpc) is 2.40. The van der Waals surface area contributed by atoms with Crippen molar-refractivity contribution in [1.82, 2.24) is 0 Å². The second-order valence-corrected chi connectivity index (χ2v) is 5.33. The van der Waals surface area contributed by atoms with E-state index in [1.807, 2.05) is 18.2 Å². The van der Waals surface area contributed by atoms with Crippen molar-refractivity contribution < 1.29 is 0 Å². The minimum absolute atomic E-state index is 0.869. The summed E-state index contributed by atoms with van der Waals surface area (Å²) in [4.78, 5) is 0. The van der Waals surface area contributed by atoms with Gasteiger partial charge < -0.3 is 5.32 Å². The maximum absolute atomic E-state index is 6.14. The number of benzene rings is 2. The minimum atomic E-state index is 0.869. The van der Waals surface area contributed by atoms with E-state index in [4.69, 9.17) is 11.6 Å². The van der Waals surface area contributed by atoms with Gasteiger partial charge in [0.2, 0.25) is 0 Å². The van der Waals surface area contributed by atoms with Crippen molar-refractivity contribution >= 4 is 17.3 Å². The van der Waals surface area contributed by atoms with Gasteiger partial charge in [0.25, 0.3) is 0 Å². The number of rotatable bonds is 5. The van der Waals surface area contributed by atoms with Gasteiger partial charge in [-0.1, -0.05) is 35.9 Å². The van der Waals surface area contributed by atoms with Gasteiger partial charge in [-0.25, -0.2) is 0 Å². The Bertz CT molecular complexity index is 549. The summed E-state index contributed by atoms with van der Waals surface area (Å²) in [7, 11) is 0. The van der Waals surface area contributed by atoms with Crippen LogP contribution in [0.3, 0.4) is 0 Å². The Morgan fingerprint density at radius 1 is 1.00 bits per heavy atom. The third kappa shape index (κ3) is 4.00. The molecule has 0 fully saturated rings. The Balaban J connectivity index is 1.81. The molecule has 19 heavy (non-hydrogen) atoms. The van der Waals surface area contributed by atoms with E-state index in [1.165, 1.54) is 22.4 Å². The van der Waals surface area contributed by atoms with Crippen LogP contribution in [-0.2, 0) is 6.42 Å². The molecule has 0 aliphatic heterocycles. The van der Waals surface area contributed by atoms with Gasteiger partial charge in [0.15, 0.2) is 0 Å². The fraction of sp³-hybridized carbons (Fsp3) is 0.294. The molecule has 1 nitrogen and oxygen atoms in total. The zero-order valence-corrected chi connectivity index (χ0v) is 12.3. The van der Waals surface area contributed by atoms with Gasteiger partial charge >= 0.3 is 0 Å². The second-order valence-electron chi connectivity index (χ2n) is 4.92. The van der Waals surface area contributed by atoms with Crippen LogP contribution in [0.4, 0.5) is 5.69 Å². The molecule has 0 unspecified atom stereocenters. The Labute approximate surface area is 120 Å². The predicted octanol–water partition coefficient (Wildman–Crippen LogP) is 5.00. The highest BCUT2D eigenvalue weighted by Gasteiger charge is 1.99. The van der Waals surface area contributed by atoms with Crippen molar-refractivity contribution in [3.05, 3.63) is 64.2 Å². The van der Waals surface area contributed by atoms with Crippen LogP contribution in [0.25, 0.3) is 0 Å². The van der Waals surface area contributed by atoms with E-state index in [0.29, 0.717) is 0 Å². The van der Waals surface area contributed by atoms with E-state index in [9.17, 15) is 0 Å². The molecule has 0 saturated heterocycles. The quantitative estimate of drug-likeness (QED) is 0.756. The maximum Gasteiger partial charge on any atom is 0.0437 e. The summed E-state index contributed by atoms with van der Waals surface area (Å²) in [5, 5.41) is 4.33. The largest absolute Gasteiger partial charge is 0.385 e. The van der Waals surface area contributed by atoms with Crippen LogP contribution in [0.1, 0.15) is 23.1 Å². The summed E-state index contributed by atoms with van der Waals surface area (Å²) in [5.74, 6) is 0. The van der Waals surface area contributed by atoms with Crippen LogP contribution < -0.4 is 5.32 Å². The summed E-state index contributed by atoms with van der Waals surface area (Å²) in [6.45, 7) is 5.24. The number of hydrogen-bond acceptors (Lipinski definition) is 1. The first-order valence-corrected chi connectivity index (χ1v) is 7.09. The van der Waals surface area contributed by atoms with Gasteiger partial charge in [-0.15, -0.1) is 0 Å². The first kappa shape index (κ1) is 14.0. The van der Waals surface area contributed by atoms with Crippen molar-refractivity contribution in [3.8, 4) is 0 Å². The van der Waals surface area contributed by atoms with E-state index in [1.54, 1.807) is 0 Å². The molecule has 0 atom stereocenters. The van der Waals surface area contributed by atoms with Gasteiger partial charge in [-0.3, -0.25) is 0 Å². The third-order valence-electron chi connectivity index (χ3n) is 3.42. The van der Waals surface area contributed by atoms with Crippen LogP contribution >= 0.6 is 11.6 Å². The van der Waals surface area contributed by atoms with Gasteiger partial charge in [-0.2, -0.15) is 0 Å². The number of aryl methyl sites for hydroxylation is 3. The lowest BCUT2D eigenvalue weighted by atomic mass is 10.1. The van der Waals surface area contributed by atoms with Gasteiger partial charge in [-0.05, 0) is 61.6 Å². The van der Waals surface area contributed by atoms with Crippen molar-refractivity contribution in [2.45, 2.75) is 26.7 Å². The molecule has 0 heterocycles. The predicted molar refractivity (Wildman–Crippen MR) is 84.2 cm³/mol. The van der Waals surface area contributed by atoms with Crippen LogP contribution in [-0.4, -0.2) is 6.54 Å². The van der Waals surface area contributed by atoms with E-state index in [0.717, 1.165) is 24.4 Å². The summed E-state index contributed by atoms with van der Waals surface area (Å²) < 4.78 is 0. The van der Waals surface area contributed by atoms with Crippen molar-refractivity contribution in [1.29, 1.82) is 0 Å². The molecule has 0 radical (unpaired) electrons. The Hall–Kier alpha value is -1.47. The topological polar surface area (TPSA) is 12.0 Å². The highest BCUT2D eigenvalue weighted by atomic mass is 35.5. The molecule has 0 spiro atoms. The Morgan fingerprint density at radius 2 is 1.79 bits per heavy atom. The van der Waals surface area contributed by atoms with Gasteiger partial charge in [0.1, 0.15) is 0 Å². The zero-order chi connectivity index (χ0) is 13.7. The molecule has 0 amide bonds. The van der Waals surface area contributed by atoms with Crippen LogP contribution in [0.2, 0.25) is 5.02 Å². The highest BCUT2D eigenvalue weighted by molar-refractivity contribution is 6.31. The Morgan fingerprint density at radius 3 is 2.53 bits per heavy atom. The molecule has 0 aromatic heterocycles. The minimum Gasteiger partial charge on any atom is -0.385 e. The third-order valence-corrected chi connectivity index (χ3v) is 3.79. The molecule has 100 valence electrons. The molecule has 2 aromatic carbocycles. The van der Waals surface area contributed by atoms with Crippen molar-refractivity contribution in [3.63, 3.8) is 0 Å². The molecule has 0 aliphatic carbocycles. The smallest absolute Gasteiger partial charge is 0.0437 e. The SMILES string of the molecule is Cc1ccc(NCCCc2ccccc2Cl)cc1C. The maximum atomic E-state index is 6.14. The molecule has 0 aliphatic rings. The first-order chi connectivity index (χ1) is 9.16. The van der Waals surface area contributed by atoms with E-state index in [-0.39, 0.29) is 0 Å². The molecule has 2 aromatic rings. The normalized spacial score (nSPS) is 10.5. The summed E-state index contributed by atoms with van der Waals surface area (Å²) in [6.07, 6.45) is 2.09. The summed E-state index contributed by atoms with van der Waals surface area (Å²) in [6, 6.07) is 14.6. The van der Waals surface area contributed by atoms with Crippen LogP contribution in [0.15, 0.2) is 42.5 Å². The number of hydrogen-bond donors (Lipinski definition) is 1. The standard InChI is InChI=1S/C17H20ClN/c1-13-9-10-16(12-14(13)2)19-11-5-7-15-6-3-4-8-17(15)18/h3-4,6,8-10,12,19H,5,7,11H2,1-2H3. The molecule has 2 heteroatoms. The zero-order valence-electron chi connectivity index (χ0n) is 11.5. The van der Waals surface area contributed by atoms with Crippen molar-refractivity contribution in [2.24, 2.45) is 0 Å². The van der Waals surface area contributed by atoms with Crippen LogP contribution in [0, 0.1) is 13.8 Å². The summed E-state index contributed by atoms with van der Waals surface area (Å²) >= 11 is 6.14. The Kier molecular flexibility index (Phi) is 4.86. The second kappa shape index (κ2) is 6.63.